The fraction of sp³-hybridized carbons (Fsp3) is 0.375. The van der Waals surface area contributed by atoms with Crippen LogP contribution in [0.3, 0.4) is 0 Å². The van der Waals surface area contributed by atoms with Gasteiger partial charge in [0.15, 0.2) is 14.9 Å². The van der Waals surface area contributed by atoms with Crippen molar-refractivity contribution in [2.75, 3.05) is 12.8 Å². The summed E-state index contributed by atoms with van der Waals surface area (Å²) in [7, 11) is -3.38. The molecule has 6 heteroatoms. The van der Waals surface area contributed by atoms with Crippen LogP contribution in [0.25, 0.3) is 0 Å². The van der Waals surface area contributed by atoms with Crippen LogP contribution in [0.1, 0.15) is 5.69 Å². The molecule has 4 nitrogen and oxygen atoms in total. The van der Waals surface area contributed by atoms with E-state index in [9.17, 15) is 12.8 Å². The minimum absolute atomic E-state index is 0.0930. The number of aromatic nitrogens is 1. The molecule has 2 N–H and O–H groups in total. The predicted molar refractivity (Wildman–Crippen MR) is 50.1 cm³/mol. The summed E-state index contributed by atoms with van der Waals surface area (Å²) in [4.78, 5) is 3.69. The molecule has 0 radical (unpaired) electrons. The summed E-state index contributed by atoms with van der Waals surface area (Å²) in [5.74, 6) is -0.525. The van der Waals surface area contributed by atoms with E-state index >= 15 is 0 Å². The van der Waals surface area contributed by atoms with Crippen molar-refractivity contribution in [1.82, 2.24) is 4.98 Å². The first kappa shape index (κ1) is 11.1. The third kappa shape index (κ3) is 2.49. The molecular weight excluding hydrogens is 207 g/mol. The van der Waals surface area contributed by atoms with Crippen LogP contribution in [-0.2, 0) is 16.3 Å². The molecule has 0 saturated heterocycles. The molecule has 1 aromatic rings. The van der Waals surface area contributed by atoms with Gasteiger partial charge in [-0.1, -0.05) is 0 Å². The van der Waals surface area contributed by atoms with Gasteiger partial charge in [-0.3, -0.25) is 0 Å². The van der Waals surface area contributed by atoms with Gasteiger partial charge in [0.25, 0.3) is 0 Å². The second-order valence-electron chi connectivity index (χ2n) is 2.89. The van der Waals surface area contributed by atoms with E-state index in [1.807, 2.05) is 0 Å². The van der Waals surface area contributed by atoms with Crippen molar-refractivity contribution >= 4 is 9.84 Å². The largest absolute Gasteiger partial charge is 0.330 e. The highest BCUT2D eigenvalue weighted by molar-refractivity contribution is 7.90. The first-order chi connectivity index (χ1) is 6.45. The smallest absolute Gasteiger partial charge is 0.192 e. The van der Waals surface area contributed by atoms with Crippen LogP contribution >= 0.6 is 0 Å². The maximum atomic E-state index is 13.0. The Morgan fingerprint density at radius 2 is 2.14 bits per heavy atom. The lowest BCUT2D eigenvalue weighted by Crippen LogP contribution is -2.09. The SMILES string of the molecule is CS(=O)(=O)c1ccc(F)c(CCN)n1. The molecule has 0 unspecified atom stereocenters. The van der Waals surface area contributed by atoms with E-state index in [1.165, 1.54) is 0 Å². The molecule has 0 aliphatic heterocycles. The monoisotopic (exact) mass is 218 g/mol. The van der Waals surface area contributed by atoms with Gasteiger partial charge in [-0.05, 0) is 18.7 Å². The van der Waals surface area contributed by atoms with Crippen LogP contribution < -0.4 is 5.73 Å². The molecular formula is C8H11FN2O2S. The zero-order valence-electron chi connectivity index (χ0n) is 7.70. The molecule has 78 valence electrons. The Morgan fingerprint density at radius 3 is 2.64 bits per heavy atom. The summed E-state index contributed by atoms with van der Waals surface area (Å²) in [5, 5.41) is -0.123. The van der Waals surface area contributed by atoms with E-state index in [0.717, 1.165) is 18.4 Å². The molecule has 0 aromatic carbocycles. The van der Waals surface area contributed by atoms with Crippen molar-refractivity contribution < 1.29 is 12.8 Å². The van der Waals surface area contributed by atoms with Crippen LogP contribution in [0.15, 0.2) is 17.2 Å². The Labute approximate surface area is 81.9 Å². The second-order valence-corrected chi connectivity index (χ2v) is 4.85. The van der Waals surface area contributed by atoms with E-state index < -0.39 is 15.7 Å². The molecule has 1 heterocycles. The number of nitrogens with zero attached hydrogens (tertiary/aromatic N) is 1. The van der Waals surface area contributed by atoms with Crippen molar-refractivity contribution in [3.8, 4) is 0 Å². The molecule has 0 aliphatic rings. The quantitative estimate of drug-likeness (QED) is 0.782. The average Bonchev–Trinajstić information content (AvgIpc) is 2.07. The molecule has 0 spiro atoms. The van der Waals surface area contributed by atoms with Crippen LogP contribution in [-0.4, -0.2) is 26.2 Å². The predicted octanol–water partition coefficient (Wildman–Crippen LogP) is 0.125. The average molecular weight is 218 g/mol. The van der Waals surface area contributed by atoms with Gasteiger partial charge < -0.3 is 5.73 Å². The summed E-state index contributed by atoms with van der Waals surface area (Å²) in [5.41, 5.74) is 5.33. The highest BCUT2D eigenvalue weighted by Crippen LogP contribution is 2.10. The number of hydrogen-bond acceptors (Lipinski definition) is 4. The lowest BCUT2D eigenvalue weighted by Gasteiger charge is -2.02. The maximum absolute atomic E-state index is 13.0. The van der Waals surface area contributed by atoms with E-state index in [1.54, 1.807) is 0 Å². The Bertz CT molecular complexity index is 431. The number of sulfone groups is 1. The highest BCUT2D eigenvalue weighted by Gasteiger charge is 2.12. The lowest BCUT2D eigenvalue weighted by atomic mass is 10.2. The highest BCUT2D eigenvalue weighted by atomic mass is 32.2. The van der Waals surface area contributed by atoms with Crippen molar-refractivity contribution in [3.05, 3.63) is 23.6 Å². The summed E-state index contributed by atoms with van der Waals surface area (Å²) < 4.78 is 35.2. The fourth-order valence-corrected chi connectivity index (χ4v) is 1.57. The number of pyridine rings is 1. The van der Waals surface area contributed by atoms with Crippen LogP contribution in [0, 0.1) is 5.82 Å². The van der Waals surface area contributed by atoms with Crippen molar-refractivity contribution in [2.24, 2.45) is 5.73 Å². The molecule has 0 atom stereocenters. The Hall–Kier alpha value is -1.01. The minimum atomic E-state index is -3.38. The van der Waals surface area contributed by atoms with E-state index in [4.69, 9.17) is 5.73 Å². The number of hydrogen-bond donors (Lipinski definition) is 1. The first-order valence-electron chi connectivity index (χ1n) is 4.00. The standard InChI is InChI=1S/C8H11FN2O2S/c1-14(12,13)8-3-2-6(9)7(11-8)4-5-10/h2-3H,4-5,10H2,1H3. The molecule has 0 aliphatic carbocycles. The lowest BCUT2D eigenvalue weighted by molar-refractivity contribution is 0.581. The minimum Gasteiger partial charge on any atom is -0.330 e. The van der Waals surface area contributed by atoms with Crippen LogP contribution in [0.5, 0.6) is 0 Å². The van der Waals surface area contributed by atoms with Gasteiger partial charge in [0.05, 0.1) is 5.69 Å². The Balaban J connectivity index is 3.20. The normalized spacial score (nSPS) is 11.6. The van der Waals surface area contributed by atoms with Gasteiger partial charge >= 0.3 is 0 Å². The summed E-state index contributed by atoms with van der Waals surface area (Å²) in [6.07, 6.45) is 1.26. The zero-order chi connectivity index (χ0) is 10.8. The molecule has 1 aromatic heterocycles. The number of nitrogens with two attached hydrogens (primary N) is 1. The van der Waals surface area contributed by atoms with Crippen molar-refractivity contribution in [3.63, 3.8) is 0 Å². The van der Waals surface area contributed by atoms with Crippen LogP contribution in [0.2, 0.25) is 0 Å². The molecule has 14 heavy (non-hydrogen) atoms. The topological polar surface area (TPSA) is 73.0 Å². The van der Waals surface area contributed by atoms with Crippen LogP contribution in [0.4, 0.5) is 4.39 Å². The molecule has 1 rings (SSSR count). The Kier molecular flexibility index (Phi) is 3.17. The van der Waals surface area contributed by atoms with Gasteiger partial charge in [0.1, 0.15) is 5.82 Å². The molecule has 0 fully saturated rings. The van der Waals surface area contributed by atoms with Gasteiger partial charge in [0.2, 0.25) is 0 Å². The second kappa shape index (κ2) is 4.02. The number of rotatable bonds is 3. The third-order valence-corrected chi connectivity index (χ3v) is 2.64. The van der Waals surface area contributed by atoms with E-state index in [0.29, 0.717) is 0 Å². The summed E-state index contributed by atoms with van der Waals surface area (Å²) in [6, 6.07) is 2.24. The van der Waals surface area contributed by atoms with Gasteiger partial charge in [-0.25, -0.2) is 17.8 Å². The van der Waals surface area contributed by atoms with Crippen molar-refractivity contribution in [1.29, 1.82) is 0 Å². The molecule has 0 saturated carbocycles. The van der Waals surface area contributed by atoms with Gasteiger partial charge in [-0.2, -0.15) is 0 Å². The first-order valence-corrected chi connectivity index (χ1v) is 5.90. The summed E-state index contributed by atoms with van der Waals surface area (Å²) in [6.45, 7) is 0.233. The Morgan fingerprint density at radius 1 is 1.50 bits per heavy atom. The van der Waals surface area contributed by atoms with Gasteiger partial charge in [-0.15, -0.1) is 0 Å². The zero-order valence-corrected chi connectivity index (χ0v) is 8.51. The van der Waals surface area contributed by atoms with Crippen molar-refractivity contribution in [2.45, 2.75) is 11.4 Å². The molecule has 0 bridgehead atoms. The van der Waals surface area contributed by atoms with E-state index in [-0.39, 0.29) is 23.7 Å². The maximum Gasteiger partial charge on any atom is 0.192 e. The van der Waals surface area contributed by atoms with Gasteiger partial charge in [0, 0.05) is 12.7 Å². The fourth-order valence-electron chi connectivity index (χ4n) is 0.983. The van der Waals surface area contributed by atoms with E-state index in [2.05, 4.69) is 4.98 Å². The number of halogens is 1. The third-order valence-electron chi connectivity index (χ3n) is 1.65. The molecule has 0 amide bonds. The summed E-state index contributed by atoms with van der Waals surface area (Å²) >= 11 is 0.